The molecule has 4 rings (SSSR count). The zero-order chi connectivity index (χ0) is 18.6. The van der Waals surface area contributed by atoms with Gasteiger partial charge in [-0.3, -0.25) is 4.79 Å². The Balaban J connectivity index is 1.60. The van der Waals surface area contributed by atoms with E-state index < -0.39 is 12.1 Å². The summed E-state index contributed by atoms with van der Waals surface area (Å²) in [5.41, 5.74) is 1.22. The van der Waals surface area contributed by atoms with Gasteiger partial charge >= 0.3 is 5.97 Å². The van der Waals surface area contributed by atoms with Gasteiger partial charge in [-0.25, -0.2) is 4.79 Å². The summed E-state index contributed by atoms with van der Waals surface area (Å²) >= 11 is 0. The van der Waals surface area contributed by atoms with E-state index in [1.54, 1.807) is 29.2 Å². The number of benzene rings is 2. The van der Waals surface area contributed by atoms with Gasteiger partial charge in [-0.15, -0.1) is 0 Å². The van der Waals surface area contributed by atoms with E-state index in [0.29, 0.717) is 37.4 Å². The van der Waals surface area contributed by atoms with Crippen molar-refractivity contribution < 1.29 is 23.5 Å². The second kappa shape index (κ2) is 7.63. The molecule has 2 heterocycles. The Hall–Kier alpha value is -3.12. The third kappa shape index (κ3) is 3.71. The Morgan fingerprint density at radius 2 is 1.67 bits per heavy atom. The van der Waals surface area contributed by atoms with E-state index in [2.05, 4.69) is 0 Å². The number of esters is 1. The van der Waals surface area contributed by atoms with E-state index in [0.717, 1.165) is 5.39 Å². The van der Waals surface area contributed by atoms with Crippen LogP contribution < -0.4 is 0 Å². The monoisotopic (exact) mass is 365 g/mol. The predicted molar refractivity (Wildman–Crippen MR) is 98.2 cm³/mol. The van der Waals surface area contributed by atoms with E-state index in [-0.39, 0.29) is 11.7 Å². The van der Waals surface area contributed by atoms with Crippen molar-refractivity contribution in [3.63, 3.8) is 0 Å². The Labute approximate surface area is 156 Å². The number of ether oxygens (including phenoxy) is 2. The van der Waals surface area contributed by atoms with Gasteiger partial charge in [-0.1, -0.05) is 48.5 Å². The molecule has 0 saturated carbocycles. The summed E-state index contributed by atoms with van der Waals surface area (Å²) in [6.45, 7) is 1.91. The molecule has 0 bridgehead atoms. The summed E-state index contributed by atoms with van der Waals surface area (Å²) in [4.78, 5) is 27.3. The van der Waals surface area contributed by atoms with Gasteiger partial charge in [-0.05, 0) is 12.1 Å². The molecule has 0 spiro atoms. The predicted octanol–water partition coefficient (Wildman–Crippen LogP) is 3.19. The number of hydrogen-bond donors (Lipinski definition) is 0. The molecule has 2 aromatic carbocycles. The van der Waals surface area contributed by atoms with Gasteiger partial charge < -0.3 is 18.8 Å². The maximum absolute atomic E-state index is 13.0. The highest BCUT2D eigenvalue weighted by Crippen LogP contribution is 2.25. The van der Waals surface area contributed by atoms with Crippen molar-refractivity contribution in [1.82, 2.24) is 4.90 Å². The highest BCUT2D eigenvalue weighted by Gasteiger charge is 2.31. The molecule has 1 fully saturated rings. The first-order valence-electron chi connectivity index (χ1n) is 8.83. The number of rotatable bonds is 4. The van der Waals surface area contributed by atoms with Crippen molar-refractivity contribution in [2.75, 3.05) is 26.3 Å². The number of hydrogen-bond acceptors (Lipinski definition) is 5. The maximum atomic E-state index is 13.0. The van der Waals surface area contributed by atoms with E-state index in [1.807, 2.05) is 36.4 Å². The zero-order valence-electron chi connectivity index (χ0n) is 14.7. The fourth-order valence-corrected chi connectivity index (χ4v) is 3.09. The molecule has 27 heavy (non-hydrogen) atoms. The normalized spacial score (nSPS) is 15.5. The highest BCUT2D eigenvalue weighted by molar-refractivity contribution is 5.94. The first-order chi connectivity index (χ1) is 13.2. The molecule has 1 saturated heterocycles. The van der Waals surface area contributed by atoms with Gasteiger partial charge in [0.15, 0.2) is 0 Å². The number of carbonyl (C=O) groups excluding carboxylic acids is 2. The Morgan fingerprint density at radius 3 is 2.41 bits per heavy atom. The number of para-hydroxylation sites is 1. The second-order valence-corrected chi connectivity index (χ2v) is 6.28. The molecule has 0 N–H and O–H groups in total. The van der Waals surface area contributed by atoms with Crippen LogP contribution in [-0.4, -0.2) is 43.1 Å². The smallest absolute Gasteiger partial charge is 0.375 e. The summed E-state index contributed by atoms with van der Waals surface area (Å²) in [5.74, 6) is -0.845. The van der Waals surface area contributed by atoms with Crippen LogP contribution in [0.1, 0.15) is 22.2 Å². The van der Waals surface area contributed by atoms with Gasteiger partial charge in [0.1, 0.15) is 5.58 Å². The molecule has 1 aliphatic rings. The first-order valence-corrected chi connectivity index (χ1v) is 8.83. The third-order valence-corrected chi connectivity index (χ3v) is 4.50. The fraction of sp³-hybridized carbons (Fsp3) is 0.238. The Bertz CT molecular complexity index is 910. The van der Waals surface area contributed by atoms with Crippen molar-refractivity contribution >= 4 is 22.8 Å². The van der Waals surface area contributed by atoms with Crippen molar-refractivity contribution in [3.8, 4) is 0 Å². The summed E-state index contributed by atoms with van der Waals surface area (Å²) in [6, 6.07) is 18.0. The van der Waals surface area contributed by atoms with Gasteiger partial charge in [-0.2, -0.15) is 0 Å². The summed E-state index contributed by atoms with van der Waals surface area (Å²) < 4.78 is 16.5. The molecular formula is C21H19NO5. The van der Waals surface area contributed by atoms with E-state index in [1.165, 1.54) is 0 Å². The van der Waals surface area contributed by atoms with E-state index >= 15 is 0 Å². The van der Waals surface area contributed by atoms with Gasteiger partial charge in [0, 0.05) is 24.0 Å². The summed E-state index contributed by atoms with van der Waals surface area (Å²) in [6.07, 6.45) is -1.02. The number of fused-ring (bicyclic) bond motifs is 1. The summed E-state index contributed by atoms with van der Waals surface area (Å²) in [5, 5.41) is 0.806. The van der Waals surface area contributed by atoms with Crippen molar-refractivity contribution in [2.24, 2.45) is 0 Å². The van der Waals surface area contributed by atoms with Crippen LogP contribution in [0.4, 0.5) is 0 Å². The molecule has 1 aromatic heterocycles. The molecule has 138 valence electrons. The van der Waals surface area contributed by atoms with E-state index in [4.69, 9.17) is 13.9 Å². The quantitative estimate of drug-likeness (QED) is 0.664. The van der Waals surface area contributed by atoms with Crippen LogP contribution in [0.5, 0.6) is 0 Å². The lowest BCUT2D eigenvalue weighted by Gasteiger charge is -2.30. The van der Waals surface area contributed by atoms with E-state index in [9.17, 15) is 9.59 Å². The molecule has 1 atom stereocenters. The third-order valence-electron chi connectivity index (χ3n) is 4.50. The molecule has 1 aliphatic heterocycles. The topological polar surface area (TPSA) is 69.0 Å². The fourth-order valence-electron chi connectivity index (χ4n) is 3.09. The number of furan rings is 1. The van der Waals surface area contributed by atoms with Crippen molar-refractivity contribution in [2.45, 2.75) is 6.10 Å². The van der Waals surface area contributed by atoms with Crippen molar-refractivity contribution in [3.05, 3.63) is 72.0 Å². The van der Waals surface area contributed by atoms with Gasteiger partial charge in [0.25, 0.3) is 5.91 Å². The average Bonchev–Trinajstić information content (AvgIpc) is 3.17. The SMILES string of the molecule is O=C(O[C@@H](C(=O)N1CCOCC1)c1ccccc1)c1cc2ccccc2o1. The van der Waals surface area contributed by atoms with Crippen LogP contribution in [0.2, 0.25) is 0 Å². The molecule has 0 unspecified atom stereocenters. The minimum atomic E-state index is -1.02. The second-order valence-electron chi connectivity index (χ2n) is 6.28. The standard InChI is InChI=1S/C21H19NO5/c23-20(22-10-12-25-13-11-22)19(15-6-2-1-3-7-15)27-21(24)18-14-16-8-4-5-9-17(16)26-18/h1-9,14,19H,10-13H2/t19-/m1/s1. The van der Waals surface area contributed by atoms with Crippen LogP contribution in [0.15, 0.2) is 65.1 Å². The lowest BCUT2D eigenvalue weighted by Crippen LogP contribution is -2.44. The number of nitrogens with zero attached hydrogens (tertiary/aromatic N) is 1. The summed E-state index contributed by atoms with van der Waals surface area (Å²) in [7, 11) is 0. The number of carbonyl (C=O) groups is 2. The molecule has 0 aliphatic carbocycles. The van der Waals surface area contributed by atoms with Crippen molar-refractivity contribution in [1.29, 1.82) is 0 Å². The zero-order valence-corrected chi connectivity index (χ0v) is 14.7. The highest BCUT2D eigenvalue weighted by atomic mass is 16.6. The minimum absolute atomic E-state index is 0.0758. The first kappa shape index (κ1) is 17.3. The minimum Gasteiger partial charge on any atom is -0.449 e. The average molecular weight is 365 g/mol. The lowest BCUT2D eigenvalue weighted by molar-refractivity contribution is -0.145. The largest absolute Gasteiger partial charge is 0.449 e. The van der Waals surface area contributed by atoms with Crippen LogP contribution in [0.25, 0.3) is 11.0 Å². The number of morpholine rings is 1. The number of amides is 1. The van der Waals surface area contributed by atoms with Crippen LogP contribution in [0.3, 0.4) is 0 Å². The molecule has 1 amide bonds. The van der Waals surface area contributed by atoms with Crippen LogP contribution in [0, 0.1) is 0 Å². The van der Waals surface area contributed by atoms with Crippen LogP contribution >= 0.6 is 0 Å². The van der Waals surface area contributed by atoms with Gasteiger partial charge in [0.2, 0.25) is 11.9 Å². The molecule has 6 nitrogen and oxygen atoms in total. The van der Waals surface area contributed by atoms with Gasteiger partial charge in [0.05, 0.1) is 13.2 Å². The molecule has 0 radical (unpaired) electrons. The maximum Gasteiger partial charge on any atom is 0.375 e. The van der Waals surface area contributed by atoms with Crippen LogP contribution in [-0.2, 0) is 14.3 Å². The molecule has 6 heteroatoms. The Morgan fingerprint density at radius 1 is 0.963 bits per heavy atom. The molecular weight excluding hydrogens is 346 g/mol. The lowest BCUT2D eigenvalue weighted by atomic mass is 10.1. The Kier molecular flexibility index (Phi) is 4.89. The molecule has 3 aromatic rings.